The molecule has 2 amide bonds. The summed E-state index contributed by atoms with van der Waals surface area (Å²) in [5.74, 6) is -0.0600. The molecule has 0 unspecified atom stereocenters. The molecule has 0 aliphatic carbocycles. The van der Waals surface area contributed by atoms with Crippen LogP contribution in [0, 0.1) is 0 Å². The largest absolute Gasteiger partial charge is 0.444 e. The Morgan fingerprint density at radius 1 is 0.957 bits per heavy atom. The number of aliphatic imine (C=N–C) groups is 1. The molecule has 0 aliphatic rings. The average molecular weight is 328 g/mol. The Balaban J connectivity index is 4.84. The summed E-state index contributed by atoms with van der Waals surface area (Å²) < 4.78 is 10.2. The number of nitrogens with zero attached hydrogens (tertiary/aromatic N) is 1. The van der Waals surface area contributed by atoms with Crippen molar-refractivity contribution in [2.45, 2.75) is 52.7 Å². The Labute approximate surface area is 137 Å². The van der Waals surface area contributed by atoms with Crippen LogP contribution in [-0.4, -0.2) is 42.4 Å². The summed E-state index contributed by atoms with van der Waals surface area (Å²) >= 11 is 0. The number of hydrogen-bond donors (Lipinski definition) is 3. The quantitative estimate of drug-likeness (QED) is 0.416. The van der Waals surface area contributed by atoms with Gasteiger partial charge in [-0.3, -0.25) is 10.6 Å². The first-order chi connectivity index (χ1) is 10.4. The van der Waals surface area contributed by atoms with Gasteiger partial charge in [0.15, 0.2) is 0 Å². The van der Waals surface area contributed by atoms with E-state index in [2.05, 4.69) is 15.6 Å². The van der Waals surface area contributed by atoms with E-state index in [-0.39, 0.29) is 12.5 Å². The molecule has 0 saturated carbocycles. The summed E-state index contributed by atoms with van der Waals surface area (Å²) in [7, 11) is 0. The first-order valence-corrected chi connectivity index (χ1v) is 7.32. The minimum absolute atomic E-state index is 0.0600. The van der Waals surface area contributed by atoms with E-state index in [1.807, 2.05) is 0 Å². The van der Waals surface area contributed by atoms with E-state index in [4.69, 9.17) is 15.2 Å². The number of ether oxygens (including phenoxy) is 2. The number of hydrogen-bond acceptors (Lipinski definition) is 6. The van der Waals surface area contributed by atoms with Crippen molar-refractivity contribution in [1.29, 1.82) is 0 Å². The van der Waals surface area contributed by atoms with Crippen LogP contribution in [0.25, 0.3) is 0 Å². The van der Waals surface area contributed by atoms with E-state index < -0.39 is 23.4 Å². The fourth-order valence-electron chi connectivity index (χ4n) is 1.23. The monoisotopic (exact) mass is 328 g/mol. The lowest BCUT2D eigenvalue weighted by Gasteiger charge is -2.22. The molecule has 0 fully saturated rings. The van der Waals surface area contributed by atoms with E-state index in [0.717, 1.165) is 0 Å². The molecule has 0 saturated heterocycles. The van der Waals surface area contributed by atoms with Crippen LogP contribution in [0.3, 0.4) is 0 Å². The highest BCUT2D eigenvalue weighted by atomic mass is 16.6. The highest BCUT2D eigenvalue weighted by Crippen LogP contribution is 2.07. The van der Waals surface area contributed by atoms with Gasteiger partial charge in [0.05, 0.1) is 6.54 Å². The van der Waals surface area contributed by atoms with Gasteiger partial charge in [-0.15, -0.1) is 0 Å². The van der Waals surface area contributed by atoms with Crippen molar-refractivity contribution in [3.8, 4) is 0 Å². The molecule has 0 aromatic carbocycles. The topological polar surface area (TPSA) is 115 Å². The molecule has 0 bridgehead atoms. The highest BCUT2D eigenvalue weighted by molar-refractivity contribution is 6.01. The minimum atomic E-state index is -0.727. The Bertz CT molecular complexity index is 427. The maximum absolute atomic E-state index is 11.8. The molecule has 0 aromatic rings. The second-order valence-electron chi connectivity index (χ2n) is 6.65. The summed E-state index contributed by atoms with van der Waals surface area (Å²) in [6.45, 7) is 11.0. The van der Waals surface area contributed by atoms with Crippen molar-refractivity contribution < 1.29 is 19.1 Å². The fraction of sp³-hybridized carbons (Fsp3) is 0.667. The second kappa shape index (κ2) is 9.14. The number of amides is 2. The minimum Gasteiger partial charge on any atom is -0.444 e. The molecule has 0 heterocycles. The molecule has 0 aliphatic heterocycles. The lowest BCUT2D eigenvalue weighted by Crippen LogP contribution is -2.47. The molecule has 8 heteroatoms. The van der Waals surface area contributed by atoms with E-state index in [1.54, 1.807) is 53.7 Å². The van der Waals surface area contributed by atoms with Gasteiger partial charge in [0.1, 0.15) is 11.2 Å². The van der Waals surface area contributed by atoms with E-state index in [1.165, 1.54) is 0 Å². The lowest BCUT2D eigenvalue weighted by atomic mass is 10.2. The molecule has 0 aromatic heterocycles. The van der Waals surface area contributed by atoms with Crippen LogP contribution in [-0.2, 0) is 9.47 Å². The summed E-state index contributed by atoms with van der Waals surface area (Å²) in [6.07, 6.45) is 1.96. The predicted octanol–water partition coefficient (Wildman–Crippen LogP) is 1.91. The second-order valence-corrected chi connectivity index (χ2v) is 6.65. The van der Waals surface area contributed by atoms with E-state index in [9.17, 15) is 9.59 Å². The summed E-state index contributed by atoms with van der Waals surface area (Å²) in [4.78, 5) is 27.6. The Hall–Kier alpha value is -2.09. The van der Waals surface area contributed by atoms with Crippen LogP contribution < -0.4 is 16.4 Å². The van der Waals surface area contributed by atoms with Crippen LogP contribution in [0.5, 0.6) is 0 Å². The first-order valence-electron chi connectivity index (χ1n) is 7.32. The number of rotatable bonds is 3. The molecular formula is C15H28N4O4. The average Bonchev–Trinajstić information content (AvgIpc) is 2.29. The summed E-state index contributed by atoms with van der Waals surface area (Å²) in [5, 5.41) is 4.76. The molecule has 23 heavy (non-hydrogen) atoms. The van der Waals surface area contributed by atoms with Gasteiger partial charge in [-0.1, -0.05) is 12.2 Å². The van der Waals surface area contributed by atoms with Crippen molar-refractivity contribution in [2.24, 2.45) is 10.7 Å². The number of carbonyl (C=O) groups excluding carboxylic acids is 2. The normalized spacial score (nSPS) is 11.8. The smallest absolute Gasteiger partial charge is 0.414 e. The number of alkyl carbamates (subject to hydrolysis) is 2. The van der Waals surface area contributed by atoms with Crippen LogP contribution in [0.1, 0.15) is 41.5 Å². The number of nitrogens with two attached hydrogens (primary N) is 1. The lowest BCUT2D eigenvalue weighted by molar-refractivity contribution is 0.0545. The van der Waals surface area contributed by atoms with Crippen LogP contribution in [0.4, 0.5) is 9.59 Å². The zero-order valence-electron chi connectivity index (χ0n) is 14.7. The van der Waals surface area contributed by atoms with Crippen LogP contribution in [0.2, 0.25) is 0 Å². The van der Waals surface area contributed by atoms with Crippen molar-refractivity contribution in [3.63, 3.8) is 0 Å². The maximum atomic E-state index is 11.8. The number of nitrogens with one attached hydrogen (secondary N) is 2. The zero-order valence-corrected chi connectivity index (χ0v) is 14.7. The molecule has 8 nitrogen and oxygen atoms in total. The molecule has 132 valence electrons. The van der Waals surface area contributed by atoms with Gasteiger partial charge in [-0.2, -0.15) is 0 Å². The van der Waals surface area contributed by atoms with Gasteiger partial charge >= 0.3 is 12.2 Å². The molecular weight excluding hydrogens is 300 g/mol. The number of carbonyl (C=O) groups is 2. The van der Waals surface area contributed by atoms with Gasteiger partial charge in [-0.25, -0.2) is 14.6 Å². The third-order valence-electron chi connectivity index (χ3n) is 1.90. The standard InChI is InChI=1S/C15H28N4O4/c1-14(2,3)22-12(20)18-11(17-10-8-7-9-16)19-13(21)23-15(4,5)6/h7-8H,9-10,16H2,1-6H3,(H2,17,18,19,20,21)/b8-7+. The van der Waals surface area contributed by atoms with Crippen LogP contribution in [0.15, 0.2) is 17.1 Å². The van der Waals surface area contributed by atoms with Gasteiger partial charge in [0, 0.05) is 6.54 Å². The van der Waals surface area contributed by atoms with Gasteiger partial charge in [-0.05, 0) is 41.5 Å². The molecule has 0 rings (SSSR count). The Morgan fingerprint density at radius 2 is 1.39 bits per heavy atom. The van der Waals surface area contributed by atoms with Crippen molar-refractivity contribution in [2.75, 3.05) is 13.1 Å². The maximum Gasteiger partial charge on any atom is 0.414 e. The van der Waals surface area contributed by atoms with E-state index >= 15 is 0 Å². The Morgan fingerprint density at radius 3 is 1.74 bits per heavy atom. The molecule has 4 N–H and O–H groups in total. The molecule has 0 spiro atoms. The van der Waals surface area contributed by atoms with E-state index in [0.29, 0.717) is 6.54 Å². The molecule has 0 atom stereocenters. The SMILES string of the molecule is CC(C)(C)OC(=O)NC(=NC/C=C/CN)NC(=O)OC(C)(C)C. The fourth-order valence-corrected chi connectivity index (χ4v) is 1.23. The first kappa shape index (κ1) is 20.9. The zero-order chi connectivity index (χ0) is 18.1. The van der Waals surface area contributed by atoms with Gasteiger partial charge in [0.25, 0.3) is 0 Å². The summed E-state index contributed by atoms with van der Waals surface area (Å²) in [5.41, 5.74) is 4.00. The predicted molar refractivity (Wildman–Crippen MR) is 89.2 cm³/mol. The third kappa shape index (κ3) is 13.3. The Kier molecular flexibility index (Phi) is 8.31. The summed E-state index contributed by atoms with van der Waals surface area (Å²) in [6, 6.07) is 0. The van der Waals surface area contributed by atoms with Gasteiger partial charge in [0.2, 0.25) is 5.96 Å². The van der Waals surface area contributed by atoms with Crippen molar-refractivity contribution >= 4 is 18.1 Å². The molecule has 0 radical (unpaired) electrons. The van der Waals surface area contributed by atoms with Gasteiger partial charge < -0.3 is 15.2 Å². The van der Waals surface area contributed by atoms with Crippen molar-refractivity contribution in [3.05, 3.63) is 12.2 Å². The van der Waals surface area contributed by atoms with Crippen molar-refractivity contribution in [1.82, 2.24) is 10.6 Å². The van der Waals surface area contributed by atoms with Crippen LogP contribution >= 0.6 is 0 Å². The highest BCUT2D eigenvalue weighted by Gasteiger charge is 2.20. The number of guanidine groups is 1. The third-order valence-corrected chi connectivity index (χ3v) is 1.90.